The first kappa shape index (κ1) is 18.0. The zero-order valence-electron chi connectivity index (χ0n) is 12.8. The van der Waals surface area contributed by atoms with Crippen LogP contribution in [-0.4, -0.2) is 18.1 Å². The predicted octanol–water partition coefficient (Wildman–Crippen LogP) is 4.41. The number of benzene rings is 1. The standard InChI is InChI=1S/C16H21Cl2NO2/c1-10(2)15(20)21-14-12(17)7-6-11(13(14)18)8-9-19-16(3,4)5/h6-7,19H,1,8-9H2,2-5H3. The van der Waals surface area contributed by atoms with Crippen LogP contribution in [0.25, 0.3) is 0 Å². The van der Waals surface area contributed by atoms with Gasteiger partial charge in [-0.05, 0) is 52.3 Å². The van der Waals surface area contributed by atoms with E-state index in [1.165, 1.54) is 0 Å². The Morgan fingerprint density at radius 3 is 2.48 bits per heavy atom. The Kier molecular flexibility index (Phi) is 6.26. The molecule has 5 heteroatoms. The number of carbonyl (C=O) groups is 1. The van der Waals surface area contributed by atoms with Crippen LogP contribution in [0.1, 0.15) is 33.3 Å². The van der Waals surface area contributed by atoms with Gasteiger partial charge in [0.2, 0.25) is 0 Å². The van der Waals surface area contributed by atoms with E-state index in [1.54, 1.807) is 13.0 Å². The van der Waals surface area contributed by atoms with Gasteiger partial charge in [0, 0.05) is 11.1 Å². The van der Waals surface area contributed by atoms with Gasteiger partial charge in [0.05, 0.1) is 10.0 Å². The number of nitrogens with one attached hydrogen (secondary N) is 1. The monoisotopic (exact) mass is 329 g/mol. The van der Waals surface area contributed by atoms with E-state index < -0.39 is 5.97 Å². The molecule has 21 heavy (non-hydrogen) atoms. The van der Waals surface area contributed by atoms with Crippen LogP contribution in [0.4, 0.5) is 0 Å². The second-order valence-electron chi connectivity index (χ2n) is 5.95. The summed E-state index contributed by atoms with van der Waals surface area (Å²) in [7, 11) is 0. The van der Waals surface area contributed by atoms with E-state index >= 15 is 0 Å². The number of carbonyl (C=O) groups excluding carboxylic acids is 1. The summed E-state index contributed by atoms with van der Waals surface area (Å²) >= 11 is 12.3. The van der Waals surface area contributed by atoms with Gasteiger partial charge in [-0.15, -0.1) is 0 Å². The van der Waals surface area contributed by atoms with Crippen molar-refractivity contribution in [1.29, 1.82) is 0 Å². The highest BCUT2D eigenvalue weighted by Crippen LogP contribution is 2.36. The summed E-state index contributed by atoms with van der Waals surface area (Å²) in [6.07, 6.45) is 0.713. The maximum atomic E-state index is 11.6. The number of hydrogen-bond donors (Lipinski definition) is 1. The SMILES string of the molecule is C=C(C)C(=O)Oc1c(Cl)ccc(CCNC(C)(C)C)c1Cl. The van der Waals surface area contributed by atoms with Gasteiger partial charge in [0.1, 0.15) is 0 Å². The Labute approximate surface area is 136 Å². The lowest BCUT2D eigenvalue weighted by molar-refractivity contribution is -0.130. The van der Waals surface area contributed by atoms with Gasteiger partial charge in [-0.25, -0.2) is 4.79 Å². The van der Waals surface area contributed by atoms with Crippen LogP contribution >= 0.6 is 23.2 Å². The minimum absolute atomic E-state index is 0.0359. The molecule has 1 aromatic rings. The number of rotatable bonds is 5. The lowest BCUT2D eigenvalue weighted by atomic mass is 10.1. The van der Waals surface area contributed by atoms with Crippen molar-refractivity contribution in [1.82, 2.24) is 5.32 Å². The highest BCUT2D eigenvalue weighted by atomic mass is 35.5. The third kappa shape index (κ3) is 5.70. The molecule has 1 N–H and O–H groups in total. The quantitative estimate of drug-likeness (QED) is 0.494. The van der Waals surface area contributed by atoms with Crippen LogP contribution in [0.2, 0.25) is 10.0 Å². The Hall–Kier alpha value is -1.03. The van der Waals surface area contributed by atoms with Crippen molar-refractivity contribution >= 4 is 29.2 Å². The molecule has 0 aliphatic heterocycles. The zero-order valence-corrected chi connectivity index (χ0v) is 14.4. The zero-order chi connectivity index (χ0) is 16.2. The lowest BCUT2D eigenvalue weighted by Crippen LogP contribution is -2.37. The van der Waals surface area contributed by atoms with E-state index in [0.29, 0.717) is 22.0 Å². The topological polar surface area (TPSA) is 38.3 Å². The van der Waals surface area contributed by atoms with Crippen LogP contribution in [0.5, 0.6) is 5.75 Å². The van der Waals surface area contributed by atoms with Gasteiger partial charge in [0.15, 0.2) is 5.75 Å². The highest BCUT2D eigenvalue weighted by molar-refractivity contribution is 6.37. The Balaban J connectivity index is 2.88. The van der Waals surface area contributed by atoms with E-state index in [1.807, 2.05) is 6.07 Å². The van der Waals surface area contributed by atoms with E-state index in [4.69, 9.17) is 27.9 Å². The summed E-state index contributed by atoms with van der Waals surface area (Å²) in [6.45, 7) is 12.2. The molecule has 0 aliphatic rings. The summed E-state index contributed by atoms with van der Waals surface area (Å²) < 4.78 is 5.20. The largest absolute Gasteiger partial charge is 0.420 e. The van der Waals surface area contributed by atoms with Gasteiger partial charge in [-0.3, -0.25) is 0 Å². The average Bonchev–Trinajstić information content (AvgIpc) is 2.35. The number of hydrogen-bond acceptors (Lipinski definition) is 3. The van der Waals surface area contributed by atoms with Crippen molar-refractivity contribution in [3.05, 3.63) is 39.9 Å². The second kappa shape index (κ2) is 7.30. The third-order valence-electron chi connectivity index (χ3n) is 2.72. The van der Waals surface area contributed by atoms with Gasteiger partial charge >= 0.3 is 5.97 Å². The third-order valence-corrected chi connectivity index (χ3v) is 3.43. The number of halogens is 2. The van der Waals surface area contributed by atoms with Crippen molar-refractivity contribution in [3.8, 4) is 5.75 Å². The van der Waals surface area contributed by atoms with Crippen LogP contribution in [0.15, 0.2) is 24.3 Å². The fourth-order valence-electron chi connectivity index (χ4n) is 1.61. The summed E-state index contributed by atoms with van der Waals surface area (Å²) in [5.41, 5.74) is 1.21. The van der Waals surface area contributed by atoms with Crippen molar-refractivity contribution in [3.63, 3.8) is 0 Å². The molecule has 1 rings (SSSR count). The highest BCUT2D eigenvalue weighted by Gasteiger charge is 2.16. The van der Waals surface area contributed by atoms with Crippen molar-refractivity contribution in [2.75, 3.05) is 6.54 Å². The Morgan fingerprint density at radius 2 is 1.95 bits per heavy atom. The minimum atomic E-state index is -0.538. The first-order valence-electron chi connectivity index (χ1n) is 6.71. The number of ether oxygens (including phenoxy) is 1. The van der Waals surface area contributed by atoms with E-state index in [9.17, 15) is 4.79 Å². The summed E-state index contributed by atoms with van der Waals surface area (Å²) in [5.74, 6) is -0.344. The van der Waals surface area contributed by atoms with Crippen molar-refractivity contribution in [2.24, 2.45) is 0 Å². The number of esters is 1. The first-order chi connectivity index (χ1) is 9.61. The Bertz CT molecular complexity index is 548. The van der Waals surface area contributed by atoms with Gasteiger partial charge < -0.3 is 10.1 Å². The molecule has 0 radical (unpaired) electrons. The molecule has 0 spiro atoms. The average molecular weight is 330 g/mol. The second-order valence-corrected chi connectivity index (χ2v) is 6.73. The first-order valence-corrected chi connectivity index (χ1v) is 7.47. The molecule has 0 amide bonds. The van der Waals surface area contributed by atoms with Crippen LogP contribution in [0.3, 0.4) is 0 Å². The van der Waals surface area contributed by atoms with Gasteiger partial charge in [0.25, 0.3) is 0 Å². The lowest BCUT2D eigenvalue weighted by Gasteiger charge is -2.21. The molecule has 0 aliphatic carbocycles. The normalized spacial score (nSPS) is 11.3. The fourth-order valence-corrected chi connectivity index (χ4v) is 2.15. The molecule has 0 unspecified atom stereocenters. The van der Waals surface area contributed by atoms with E-state index in [-0.39, 0.29) is 11.3 Å². The van der Waals surface area contributed by atoms with E-state index in [2.05, 4.69) is 32.7 Å². The molecular formula is C16H21Cl2NO2. The van der Waals surface area contributed by atoms with Crippen molar-refractivity contribution < 1.29 is 9.53 Å². The Morgan fingerprint density at radius 1 is 1.33 bits per heavy atom. The van der Waals surface area contributed by atoms with Gasteiger partial charge in [-0.2, -0.15) is 0 Å². The summed E-state index contributed by atoms with van der Waals surface area (Å²) in [5, 5.41) is 4.05. The molecule has 0 heterocycles. The fraction of sp³-hybridized carbons (Fsp3) is 0.438. The van der Waals surface area contributed by atoms with Crippen LogP contribution in [-0.2, 0) is 11.2 Å². The molecule has 0 bridgehead atoms. The van der Waals surface area contributed by atoms with E-state index in [0.717, 1.165) is 12.1 Å². The molecule has 0 atom stereocenters. The van der Waals surface area contributed by atoms with Crippen LogP contribution < -0.4 is 10.1 Å². The smallest absolute Gasteiger partial charge is 0.338 e. The molecule has 1 aromatic carbocycles. The maximum Gasteiger partial charge on any atom is 0.338 e. The molecule has 0 saturated carbocycles. The van der Waals surface area contributed by atoms with Gasteiger partial charge in [-0.1, -0.05) is 35.8 Å². The maximum absolute atomic E-state index is 11.6. The molecule has 116 valence electrons. The van der Waals surface area contributed by atoms with Crippen LogP contribution in [0, 0.1) is 0 Å². The molecule has 0 fully saturated rings. The van der Waals surface area contributed by atoms with Crippen molar-refractivity contribution in [2.45, 2.75) is 39.7 Å². The molecule has 3 nitrogen and oxygen atoms in total. The summed E-state index contributed by atoms with van der Waals surface area (Å²) in [4.78, 5) is 11.6. The molecule has 0 aromatic heterocycles. The minimum Gasteiger partial charge on any atom is -0.420 e. The molecule has 0 saturated heterocycles. The molecular weight excluding hydrogens is 309 g/mol. The summed E-state index contributed by atoms with van der Waals surface area (Å²) in [6, 6.07) is 3.52. The predicted molar refractivity (Wildman–Crippen MR) is 88.4 cm³/mol.